The van der Waals surface area contributed by atoms with Crippen molar-refractivity contribution in [3.63, 3.8) is 0 Å². The van der Waals surface area contributed by atoms with Crippen LogP contribution in [0.1, 0.15) is 19.8 Å². The summed E-state index contributed by atoms with van der Waals surface area (Å²) in [5.74, 6) is 0.150. The summed E-state index contributed by atoms with van der Waals surface area (Å²) in [7, 11) is 0. The molecule has 4 heteroatoms. The van der Waals surface area contributed by atoms with E-state index in [-0.39, 0.29) is 17.1 Å². The van der Waals surface area contributed by atoms with E-state index in [4.69, 9.17) is 0 Å². The van der Waals surface area contributed by atoms with Gasteiger partial charge in [-0.15, -0.1) is 11.8 Å². The molecule has 11 heavy (non-hydrogen) atoms. The van der Waals surface area contributed by atoms with Crippen LogP contribution in [-0.4, -0.2) is 22.8 Å². The highest BCUT2D eigenvalue weighted by atomic mass is 32.2. The number of carbonyl (C=O) groups is 2. The third-order valence-electron chi connectivity index (χ3n) is 1.52. The van der Waals surface area contributed by atoms with Crippen molar-refractivity contribution in [1.82, 2.24) is 5.32 Å². The highest BCUT2D eigenvalue weighted by Gasteiger charge is 2.25. The molecule has 1 unspecified atom stereocenters. The number of hydrogen-bond donors (Lipinski definition) is 1. The predicted molar refractivity (Wildman–Crippen MR) is 44.3 cm³/mol. The zero-order valence-corrected chi connectivity index (χ0v) is 7.24. The second-order valence-corrected chi connectivity index (χ2v) is 3.69. The van der Waals surface area contributed by atoms with E-state index in [0.29, 0.717) is 5.75 Å². The van der Waals surface area contributed by atoms with Crippen LogP contribution in [-0.2, 0) is 9.59 Å². The van der Waals surface area contributed by atoms with Gasteiger partial charge in [0.25, 0.3) is 0 Å². The minimum Gasteiger partial charge on any atom is -0.295 e. The molecule has 1 aliphatic rings. The summed E-state index contributed by atoms with van der Waals surface area (Å²) in [5.41, 5.74) is 0. The summed E-state index contributed by atoms with van der Waals surface area (Å²) in [4.78, 5) is 21.7. The average Bonchev–Trinajstić information content (AvgIpc) is 1.95. The van der Waals surface area contributed by atoms with Crippen LogP contribution in [0.5, 0.6) is 0 Å². The maximum atomic E-state index is 11.0. The minimum absolute atomic E-state index is 0.00213. The summed E-state index contributed by atoms with van der Waals surface area (Å²) < 4.78 is 0. The highest BCUT2D eigenvalue weighted by molar-refractivity contribution is 8.01. The maximum Gasteiger partial charge on any atom is 0.239 e. The lowest BCUT2D eigenvalue weighted by atomic mass is 10.2. The Kier molecular flexibility index (Phi) is 2.93. The second kappa shape index (κ2) is 3.76. The molecule has 0 aliphatic carbocycles. The van der Waals surface area contributed by atoms with E-state index >= 15 is 0 Å². The highest BCUT2D eigenvalue weighted by Crippen LogP contribution is 2.19. The van der Waals surface area contributed by atoms with Crippen molar-refractivity contribution in [3.8, 4) is 0 Å². The number of nitrogens with one attached hydrogen (secondary N) is 1. The number of thioether (sulfide) groups is 1. The third kappa shape index (κ3) is 2.22. The molecule has 0 radical (unpaired) electrons. The first-order valence-corrected chi connectivity index (χ1v) is 4.74. The number of carbonyl (C=O) groups excluding carboxylic acids is 2. The zero-order valence-electron chi connectivity index (χ0n) is 6.42. The van der Waals surface area contributed by atoms with Gasteiger partial charge in [0.1, 0.15) is 0 Å². The summed E-state index contributed by atoms with van der Waals surface area (Å²) >= 11 is 1.44. The Balaban J connectivity index is 2.44. The van der Waals surface area contributed by atoms with Crippen LogP contribution in [0.25, 0.3) is 0 Å². The smallest absolute Gasteiger partial charge is 0.239 e. The Hall–Kier alpha value is -0.510. The summed E-state index contributed by atoms with van der Waals surface area (Å²) in [6, 6.07) is 0. The molecule has 1 rings (SSSR count). The molecule has 0 aromatic heterocycles. The summed E-state index contributed by atoms with van der Waals surface area (Å²) in [5, 5.41) is 2.31. The van der Waals surface area contributed by atoms with Crippen molar-refractivity contribution in [3.05, 3.63) is 0 Å². The van der Waals surface area contributed by atoms with Gasteiger partial charge in [-0.25, -0.2) is 0 Å². The lowest BCUT2D eigenvalue weighted by Gasteiger charge is -2.19. The van der Waals surface area contributed by atoms with Gasteiger partial charge in [0, 0.05) is 0 Å². The van der Waals surface area contributed by atoms with Gasteiger partial charge in [-0.3, -0.25) is 14.9 Å². The Morgan fingerprint density at radius 1 is 1.64 bits per heavy atom. The average molecular weight is 173 g/mol. The molecule has 62 valence electrons. The third-order valence-corrected chi connectivity index (χ3v) is 2.80. The SMILES string of the molecule is CCCC1SCC(=O)NC1=O. The first-order valence-electron chi connectivity index (χ1n) is 3.69. The molecule has 1 aliphatic heterocycles. The van der Waals surface area contributed by atoms with E-state index < -0.39 is 0 Å². The first-order chi connectivity index (χ1) is 5.24. The Morgan fingerprint density at radius 3 is 2.91 bits per heavy atom. The van der Waals surface area contributed by atoms with Gasteiger partial charge in [-0.2, -0.15) is 0 Å². The molecule has 0 saturated carbocycles. The zero-order chi connectivity index (χ0) is 8.27. The molecule has 1 N–H and O–H groups in total. The van der Waals surface area contributed by atoms with E-state index in [1.54, 1.807) is 0 Å². The fourth-order valence-corrected chi connectivity index (χ4v) is 2.02. The standard InChI is InChI=1S/C7H11NO2S/c1-2-3-5-7(10)8-6(9)4-11-5/h5H,2-4H2,1H3,(H,8,9,10). The monoisotopic (exact) mass is 173 g/mol. The predicted octanol–water partition coefficient (Wildman–Crippen LogP) is 0.545. The van der Waals surface area contributed by atoms with Crippen molar-refractivity contribution in [2.75, 3.05) is 5.75 Å². The van der Waals surface area contributed by atoms with E-state index in [1.807, 2.05) is 6.92 Å². The minimum atomic E-state index is -0.160. The Labute approximate surface area is 69.9 Å². The normalized spacial score (nSPS) is 25.0. The fourth-order valence-electron chi connectivity index (χ4n) is 0.983. The van der Waals surface area contributed by atoms with E-state index in [2.05, 4.69) is 5.32 Å². The van der Waals surface area contributed by atoms with Crippen LogP contribution < -0.4 is 5.32 Å². The molecule has 2 amide bonds. The fraction of sp³-hybridized carbons (Fsp3) is 0.714. The number of imide groups is 1. The van der Waals surface area contributed by atoms with Crippen molar-refractivity contribution in [2.24, 2.45) is 0 Å². The topological polar surface area (TPSA) is 46.2 Å². The van der Waals surface area contributed by atoms with Crippen LogP contribution in [0.3, 0.4) is 0 Å². The van der Waals surface area contributed by atoms with Gasteiger partial charge < -0.3 is 0 Å². The first kappa shape index (κ1) is 8.59. The van der Waals surface area contributed by atoms with Gasteiger partial charge in [-0.1, -0.05) is 13.3 Å². The van der Waals surface area contributed by atoms with Gasteiger partial charge in [0.2, 0.25) is 11.8 Å². The second-order valence-electron chi connectivity index (χ2n) is 2.50. The van der Waals surface area contributed by atoms with E-state index in [0.717, 1.165) is 12.8 Å². The molecule has 0 spiro atoms. The lowest BCUT2D eigenvalue weighted by Crippen LogP contribution is -2.43. The molecule has 1 heterocycles. The van der Waals surface area contributed by atoms with Gasteiger partial charge in [0.05, 0.1) is 11.0 Å². The van der Waals surface area contributed by atoms with Crippen molar-refractivity contribution in [2.45, 2.75) is 25.0 Å². The Bertz CT molecular complexity index is 181. The molecule has 3 nitrogen and oxygen atoms in total. The van der Waals surface area contributed by atoms with Gasteiger partial charge >= 0.3 is 0 Å². The van der Waals surface area contributed by atoms with Crippen molar-refractivity contribution in [1.29, 1.82) is 0 Å². The van der Waals surface area contributed by atoms with Crippen molar-refractivity contribution < 1.29 is 9.59 Å². The number of amides is 2. The molecular weight excluding hydrogens is 162 g/mol. The van der Waals surface area contributed by atoms with Gasteiger partial charge in [-0.05, 0) is 6.42 Å². The van der Waals surface area contributed by atoms with Crippen LogP contribution >= 0.6 is 11.8 Å². The molecular formula is C7H11NO2S. The van der Waals surface area contributed by atoms with E-state index in [9.17, 15) is 9.59 Å². The van der Waals surface area contributed by atoms with Crippen molar-refractivity contribution >= 4 is 23.6 Å². The number of hydrogen-bond acceptors (Lipinski definition) is 3. The lowest BCUT2D eigenvalue weighted by molar-refractivity contribution is -0.129. The number of rotatable bonds is 2. The van der Waals surface area contributed by atoms with Crippen LogP contribution in [0, 0.1) is 0 Å². The molecule has 1 fully saturated rings. The quantitative estimate of drug-likeness (QED) is 0.620. The molecule has 0 aromatic rings. The van der Waals surface area contributed by atoms with Gasteiger partial charge in [0.15, 0.2) is 0 Å². The summed E-state index contributed by atoms with van der Waals surface area (Å²) in [6.45, 7) is 2.03. The largest absolute Gasteiger partial charge is 0.295 e. The molecule has 0 aromatic carbocycles. The molecule has 0 bridgehead atoms. The Morgan fingerprint density at radius 2 is 2.36 bits per heavy atom. The molecule has 1 atom stereocenters. The summed E-state index contributed by atoms with van der Waals surface area (Å²) in [6.07, 6.45) is 1.85. The van der Waals surface area contributed by atoms with Crippen LogP contribution in [0.2, 0.25) is 0 Å². The van der Waals surface area contributed by atoms with Crippen LogP contribution in [0.4, 0.5) is 0 Å². The maximum absolute atomic E-state index is 11.0. The van der Waals surface area contributed by atoms with E-state index in [1.165, 1.54) is 11.8 Å². The molecule has 1 saturated heterocycles. The van der Waals surface area contributed by atoms with Crippen LogP contribution in [0.15, 0.2) is 0 Å².